The van der Waals surface area contributed by atoms with Gasteiger partial charge >= 0.3 is 0 Å². The van der Waals surface area contributed by atoms with E-state index >= 15 is 0 Å². The summed E-state index contributed by atoms with van der Waals surface area (Å²) in [6.45, 7) is 6.97. The minimum absolute atomic E-state index is 0.128. The fourth-order valence-corrected chi connectivity index (χ4v) is 2.62. The van der Waals surface area contributed by atoms with Crippen LogP contribution in [0.3, 0.4) is 0 Å². The molecule has 3 rings (SSSR count). The number of fused-ring (bicyclic) bond motifs is 3. The molecule has 0 unspecified atom stereocenters. The fourth-order valence-electron chi connectivity index (χ4n) is 2.62. The summed E-state index contributed by atoms with van der Waals surface area (Å²) >= 11 is 0. The molecule has 0 bridgehead atoms. The van der Waals surface area contributed by atoms with Crippen LogP contribution in [0.4, 0.5) is 0 Å². The Balaban J connectivity index is 2.22. The topological polar surface area (TPSA) is 20.3 Å². The van der Waals surface area contributed by atoms with Crippen molar-refractivity contribution in [2.24, 2.45) is 0 Å². The van der Waals surface area contributed by atoms with E-state index in [2.05, 4.69) is 39.0 Å². The molecule has 1 aliphatic rings. The molecule has 1 aliphatic heterocycles. The summed E-state index contributed by atoms with van der Waals surface area (Å²) in [4.78, 5) is 14.5. The normalized spacial score (nSPS) is 15.3. The minimum atomic E-state index is -0.128. The first kappa shape index (κ1) is 11.3. The molecule has 2 aromatic carbocycles. The van der Waals surface area contributed by atoms with E-state index in [4.69, 9.17) is 0 Å². The summed E-state index contributed by atoms with van der Waals surface area (Å²) in [6.07, 6.45) is 0. The van der Waals surface area contributed by atoms with Gasteiger partial charge in [-0.05, 0) is 37.1 Å². The molecule has 0 N–H and O–H groups in total. The highest BCUT2D eigenvalue weighted by Crippen LogP contribution is 2.33. The van der Waals surface area contributed by atoms with Crippen molar-refractivity contribution < 1.29 is 4.79 Å². The average molecular weight is 239 g/mol. The molecule has 0 saturated heterocycles. The van der Waals surface area contributed by atoms with Gasteiger partial charge in [-0.15, -0.1) is 0 Å². The Hall–Kier alpha value is -1.83. The molecule has 18 heavy (non-hydrogen) atoms. The van der Waals surface area contributed by atoms with Crippen molar-refractivity contribution in [1.82, 2.24) is 4.90 Å². The summed E-state index contributed by atoms with van der Waals surface area (Å²) in [5, 5.41) is 2.21. The lowest BCUT2D eigenvalue weighted by atomic mass is 10.0. The second-order valence-corrected chi connectivity index (χ2v) is 5.88. The second-order valence-electron chi connectivity index (χ2n) is 5.88. The van der Waals surface area contributed by atoms with Crippen LogP contribution >= 0.6 is 0 Å². The molecule has 92 valence electrons. The summed E-state index contributed by atoms with van der Waals surface area (Å²) < 4.78 is 0. The quantitative estimate of drug-likeness (QED) is 0.688. The number of carbonyl (C=O) groups is 1. The summed E-state index contributed by atoms with van der Waals surface area (Å²) in [5.74, 6) is 0.161. The number of rotatable bonds is 0. The van der Waals surface area contributed by atoms with Gasteiger partial charge in [0, 0.05) is 12.1 Å². The molecule has 0 spiro atoms. The van der Waals surface area contributed by atoms with Gasteiger partial charge in [0.2, 0.25) is 0 Å². The number of hydrogen-bond acceptors (Lipinski definition) is 1. The van der Waals surface area contributed by atoms with Gasteiger partial charge in [-0.2, -0.15) is 0 Å². The molecule has 2 nitrogen and oxygen atoms in total. The standard InChI is InChI=1S/C16H17NO/c1-16(2,3)17-10-12-9-8-11-6-4-5-7-13(11)14(12)15(17)18/h4-9H,10H2,1-3H3. The van der Waals surface area contributed by atoms with E-state index in [1.54, 1.807) is 0 Å². The Morgan fingerprint density at radius 1 is 1.06 bits per heavy atom. The van der Waals surface area contributed by atoms with Crippen molar-refractivity contribution in [3.8, 4) is 0 Å². The number of benzene rings is 2. The maximum Gasteiger partial charge on any atom is 0.255 e. The van der Waals surface area contributed by atoms with Crippen LogP contribution in [0, 0.1) is 0 Å². The number of carbonyl (C=O) groups excluding carboxylic acids is 1. The summed E-state index contributed by atoms with van der Waals surface area (Å²) in [5.41, 5.74) is 1.91. The van der Waals surface area contributed by atoms with E-state index in [9.17, 15) is 4.79 Å². The maximum absolute atomic E-state index is 12.6. The van der Waals surface area contributed by atoms with Crippen molar-refractivity contribution in [2.45, 2.75) is 32.9 Å². The highest BCUT2D eigenvalue weighted by Gasteiger charge is 2.35. The predicted octanol–water partition coefficient (Wildman–Crippen LogP) is 3.59. The lowest BCUT2D eigenvalue weighted by Gasteiger charge is -2.31. The van der Waals surface area contributed by atoms with Gasteiger partial charge in [0.05, 0.1) is 5.56 Å². The van der Waals surface area contributed by atoms with Crippen molar-refractivity contribution in [1.29, 1.82) is 0 Å². The third-order valence-electron chi connectivity index (χ3n) is 3.61. The Bertz CT molecular complexity index is 637. The number of amides is 1. The van der Waals surface area contributed by atoms with Crippen LogP contribution < -0.4 is 0 Å². The smallest absolute Gasteiger partial charge is 0.255 e. The van der Waals surface area contributed by atoms with Gasteiger partial charge in [0.1, 0.15) is 0 Å². The van der Waals surface area contributed by atoms with Gasteiger partial charge in [-0.25, -0.2) is 0 Å². The predicted molar refractivity (Wildman–Crippen MR) is 73.6 cm³/mol. The minimum Gasteiger partial charge on any atom is -0.329 e. The first-order valence-corrected chi connectivity index (χ1v) is 6.31. The van der Waals surface area contributed by atoms with Crippen LogP contribution in [0.15, 0.2) is 36.4 Å². The molecule has 0 aromatic heterocycles. The van der Waals surface area contributed by atoms with Crippen molar-refractivity contribution in [3.05, 3.63) is 47.5 Å². The van der Waals surface area contributed by atoms with Crippen LogP contribution in [-0.4, -0.2) is 16.3 Å². The first-order valence-electron chi connectivity index (χ1n) is 6.31. The van der Waals surface area contributed by atoms with Crippen LogP contribution in [-0.2, 0) is 6.54 Å². The van der Waals surface area contributed by atoms with E-state index in [1.165, 1.54) is 0 Å². The Labute approximate surface area is 107 Å². The molecule has 0 atom stereocenters. The van der Waals surface area contributed by atoms with E-state index in [1.807, 2.05) is 23.1 Å². The summed E-state index contributed by atoms with van der Waals surface area (Å²) in [6, 6.07) is 12.3. The molecule has 1 amide bonds. The van der Waals surface area contributed by atoms with Gasteiger partial charge in [0.15, 0.2) is 0 Å². The molecular formula is C16H17NO. The third-order valence-corrected chi connectivity index (χ3v) is 3.61. The molecule has 0 fully saturated rings. The first-order chi connectivity index (χ1) is 8.48. The molecular weight excluding hydrogens is 222 g/mol. The number of nitrogens with zero attached hydrogens (tertiary/aromatic N) is 1. The van der Waals surface area contributed by atoms with Gasteiger partial charge < -0.3 is 4.90 Å². The van der Waals surface area contributed by atoms with E-state index < -0.39 is 0 Å². The van der Waals surface area contributed by atoms with E-state index in [0.29, 0.717) is 0 Å². The van der Waals surface area contributed by atoms with Crippen LogP contribution in [0.25, 0.3) is 10.8 Å². The maximum atomic E-state index is 12.6. The van der Waals surface area contributed by atoms with Gasteiger partial charge in [0.25, 0.3) is 5.91 Å². The highest BCUT2D eigenvalue weighted by atomic mass is 16.2. The van der Waals surface area contributed by atoms with Gasteiger partial charge in [-0.3, -0.25) is 4.79 Å². The molecule has 1 heterocycles. The SMILES string of the molecule is CC(C)(C)N1Cc2ccc3ccccc3c2C1=O. The van der Waals surface area contributed by atoms with E-state index in [-0.39, 0.29) is 11.4 Å². The largest absolute Gasteiger partial charge is 0.329 e. The monoisotopic (exact) mass is 239 g/mol. The molecule has 0 saturated carbocycles. The van der Waals surface area contributed by atoms with Gasteiger partial charge in [-0.1, -0.05) is 36.4 Å². The molecule has 0 aliphatic carbocycles. The average Bonchev–Trinajstić information content (AvgIpc) is 2.67. The highest BCUT2D eigenvalue weighted by molar-refractivity contribution is 6.10. The van der Waals surface area contributed by atoms with Crippen molar-refractivity contribution in [2.75, 3.05) is 0 Å². The Morgan fingerprint density at radius 2 is 1.78 bits per heavy atom. The summed E-state index contributed by atoms with van der Waals surface area (Å²) in [7, 11) is 0. The molecule has 0 radical (unpaired) electrons. The Kier molecular flexibility index (Phi) is 2.24. The second kappa shape index (κ2) is 3.58. The lowest BCUT2D eigenvalue weighted by Crippen LogP contribution is -2.41. The zero-order chi connectivity index (χ0) is 12.9. The van der Waals surface area contributed by atoms with Crippen molar-refractivity contribution in [3.63, 3.8) is 0 Å². The molecule has 2 aromatic rings. The third kappa shape index (κ3) is 1.52. The molecule has 2 heteroatoms. The van der Waals surface area contributed by atoms with Crippen LogP contribution in [0.1, 0.15) is 36.7 Å². The van der Waals surface area contributed by atoms with Crippen molar-refractivity contribution >= 4 is 16.7 Å². The number of hydrogen-bond donors (Lipinski definition) is 0. The van der Waals surface area contributed by atoms with E-state index in [0.717, 1.165) is 28.4 Å². The zero-order valence-corrected chi connectivity index (χ0v) is 11.0. The fraction of sp³-hybridized carbons (Fsp3) is 0.312. The zero-order valence-electron chi connectivity index (χ0n) is 11.0. The lowest BCUT2D eigenvalue weighted by molar-refractivity contribution is 0.0611. The Morgan fingerprint density at radius 3 is 2.50 bits per heavy atom. The van der Waals surface area contributed by atoms with Crippen LogP contribution in [0.2, 0.25) is 0 Å². The van der Waals surface area contributed by atoms with Crippen LogP contribution in [0.5, 0.6) is 0 Å².